The van der Waals surface area contributed by atoms with E-state index in [1.165, 1.54) is 13.0 Å². The Kier molecular flexibility index (Phi) is 7.46. The Morgan fingerprint density at radius 2 is 1.03 bits per heavy atom. The molecule has 0 saturated heterocycles. The molecule has 0 aliphatic heterocycles. The number of amides is 1. The Hall–Kier alpha value is -4.84. The summed E-state index contributed by atoms with van der Waals surface area (Å²) in [4.78, 5) is 51.6. The van der Waals surface area contributed by atoms with Crippen LogP contribution in [0.1, 0.15) is 49.1 Å². The van der Waals surface area contributed by atoms with Gasteiger partial charge in [-0.25, -0.2) is 4.79 Å². The molecule has 36 heavy (non-hydrogen) atoms. The lowest BCUT2D eigenvalue weighted by molar-refractivity contribution is -0.123. The molecule has 178 valence electrons. The molecule has 6 nitrogen and oxygen atoms in total. The van der Waals surface area contributed by atoms with Crippen molar-refractivity contribution in [3.63, 3.8) is 0 Å². The molecule has 0 aliphatic rings. The number of rotatable bonds is 8. The molecule has 0 spiro atoms. The molecule has 0 saturated carbocycles. The lowest BCUT2D eigenvalue weighted by atomic mass is 9.98. The van der Waals surface area contributed by atoms with Gasteiger partial charge in [0.1, 0.15) is 0 Å². The highest BCUT2D eigenvalue weighted by Crippen LogP contribution is 2.21. The monoisotopic (exact) mass is 477 g/mol. The molecule has 1 N–H and O–H groups in total. The Bertz CT molecular complexity index is 1410. The van der Waals surface area contributed by atoms with Crippen LogP contribution in [0.5, 0.6) is 0 Å². The second kappa shape index (κ2) is 11.1. The minimum Gasteiger partial charge on any atom is -0.449 e. The number of carbonyl (C=O) groups excluding carboxylic acids is 4. The van der Waals surface area contributed by atoms with Gasteiger partial charge in [0.2, 0.25) is 0 Å². The highest BCUT2D eigenvalue weighted by molar-refractivity contribution is 6.15. The van der Waals surface area contributed by atoms with Crippen molar-refractivity contribution in [2.45, 2.75) is 13.0 Å². The third kappa shape index (κ3) is 5.45. The molecule has 0 radical (unpaired) electrons. The topological polar surface area (TPSA) is 89.5 Å². The van der Waals surface area contributed by atoms with E-state index < -0.39 is 18.0 Å². The molecule has 4 aromatic carbocycles. The summed E-state index contributed by atoms with van der Waals surface area (Å²) >= 11 is 0. The van der Waals surface area contributed by atoms with E-state index in [1.54, 1.807) is 97.1 Å². The quantitative estimate of drug-likeness (QED) is 0.274. The standard InChI is InChI=1S/C30H23NO5/c1-20(29(34)31-26-19-11-10-18-25(26)28(33)22-14-6-3-7-15-22)36-30(35)24-17-9-8-16-23(24)27(32)21-12-4-2-5-13-21/h2-20H,1H3,(H,31,34)/t20-/m0/s1. The summed E-state index contributed by atoms with van der Waals surface area (Å²) < 4.78 is 5.39. The van der Waals surface area contributed by atoms with Crippen molar-refractivity contribution >= 4 is 29.1 Å². The summed E-state index contributed by atoms with van der Waals surface area (Å²) in [6.07, 6.45) is -1.18. The minimum atomic E-state index is -1.18. The number of hydrogen-bond acceptors (Lipinski definition) is 5. The maximum Gasteiger partial charge on any atom is 0.339 e. The molecular weight excluding hydrogens is 454 g/mol. The van der Waals surface area contributed by atoms with Gasteiger partial charge in [-0.15, -0.1) is 0 Å². The molecule has 0 heterocycles. The molecule has 0 unspecified atom stereocenters. The zero-order chi connectivity index (χ0) is 25.5. The van der Waals surface area contributed by atoms with Gasteiger partial charge >= 0.3 is 5.97 Å². The zero-order valence-corrected chi connectivity index (χ0v) is 19.5. The van der Waals surface area contributed by atoms with Crippen molar-refractivity contribution in [3.05, 3.63) is 137 Å². The van der Waals surface area contributed by atoms with E-state index in [2.05, 4.69) is 5.32 Å². The number of para-hydroxylation sites is 1. The van der Waals surface area contributed by atoms with E-state index in [-0.39, 0.29) is 22.7 Å². The average Bonchev–Trinajstić information content (AvgIpc) is 2.93. The van der Waals surface area contributed by atoms with Gasteiger partial charge in [0, 0.05) is 22.3 Å². The third-order valence-corrected chi connectivity index (χ3v) is 5.55. The van der Waals surface area contributed by atoms with E-state index in [9.17, 15) is 19.2 Å². The van der Waals surface area contributed by atoms with Crippen molar-refractivity contribution in [3.8, 4) is 0 Å². The summed E-state index contributed by atoms with van der Waals surface area (Å²) in [6, 6.07) is 30.2. The molecule has 1 atom stereocenters. The summed E-state index contributed by atoms with van der Waals surface area (Å²) in [5, 5.41) is 2.68. The van der Waals surface area contributed by atoms with Crippen LogP contribution >= 0.6 is 0 Å². The van der Waals surface area contributed by atoms with E-state index in [1.807, 2.05) is 6.07 Å². The van der Waals surface area contributed by atoms with Crippen molar-refractivity contribution in [1.82, 2.24) is 0 Å². The predicted octanol–water partition coefficient (Wildman–Crippen LogP) is 5.33. The number of ether oxygens (including phenoxy) is 1. The first-order chi connectivity index (χ1) is 17.5. The van der Waals surface area contributed by atoms with Crippen LogP contribution in [-0.2, 0) is 9.53 Å². The Balaban J connectivity index is 1.49. The van der Waals surface area contributed by atoms with Gasteiger partial charge < -0.3 is 10.1 Å². The molecule has 0 aliphatic carbocycles. The summed E-state index contributed by atoms with van der Waals surface area (Å²) in [6.45, 7) is 1.43. The van der Waals surface area contributed by atoms with Crippen molar-refractivity contribution in [2.75, 3.05) is 5.32 Å². The van der Waals surface area contributed by atoms with Gasteiger partial charge in [0.25, 0.3) is 5.91 Å². The van der Waals surface area contributed by atoms with Crippen LogP contribution in [0.2, 0.25) is 0 Å². The largest absolute Gasteiger partial charge is 0.449 e. The first-order valence-electron chi connectivity index (χ1n) is 11.3. The van der Waals surface area contributed by atoms with Crippen LogP contribution in [0.4, 0.5) is 5.69 Å². The van der Waals surface area contributed by atoms with Crippen molar-refractivity contribution in [2.24, 2.45) is 0 Å². The number of esters is 1. The predicted molar refractivity (Wildman–Crippen MR) is 136 cm³/mol. The van der Waals surface area contributed by atoms with E-state index >= 15 is 0 Å². The highest BCUT2D eigenvalue weighted by atomic mass is 16.5. The summed E-state index contributed by atoms with van der Waals surface area (Å²) in [5.41, 5.74) is 1.78. The lowest BCUT2D eigenvalue weighted by Crippen LogP contribution is -2.31. The average molecular weight is 478 g/mol. The molecular formula is C30H23NO5. The number of benzene rings is 4. The SMILES string of the molecule is C[C@H](OC(=O)c1ccccc1C(=O)c1ccccc1)C(=O)Nc1ccccc1C(=O)c1ccccc1. The molecule has 6 heteroatoms. The summed E-state index contributed by atoms with van der Waals surface area (Å²) in [7, 11) is 0. The fourth-order valence-corrected chi connectivity index (χ4v) is 3.65. The van der Waals surface area contributed by atoms with Gasteiger partial charge in [0.15, 0.2) is 17.7 Å². The maximum absolute atomic E-state index is 12.9. The fraction of sp³-hybridized carbons (Fsp3) is 0.0667. The van der Waals surface area contributed by atoms with Crippen LogP contribution in [-0.4, -0.2) is 29.5 Å². The Morgan fingerprint density at radius 1 is 0.583 bits per heavy atom. The number of carbonyl (C=O) groups is 4. The molecule has 0 aromatic heterocycles. The molecule has 4 rings (SSSR count). The fourth-order valence-electron chi connectivity index (χ4n) is 3.65. The smallest absolute Gasteiger partial charge is 0.339 e. The maximum atomic E-state index is 12.9. The molecule has 1 amide bonds. The van der Waals surface area contributed by atoms with Crippen LogP contribution in [0.15, 0.2) is 109 Å². The second-order valence-corrected chi connectivity index (χ2v) is 8.02. The number of anilines is 1. The van der Waals surface area contributed by atoms with E-state index in [4.69, 9.17) is 4.74 Å². The van der Waals surface area contributed by atoms with Crippen LogP contribution in [0.3, 0.4) is 0 Å². The van der Waals surface area contributed by atoms with Gasteiger partial charge in [-0.3, -0.25) is 14.4 Å². The van der Waals surface area contributed by atoms with E-state index in [0.717, 1.165) is 0 Å². The molecule has 0 bridgehead atoms. The molecule has 0 fully saturated rings. The van der Waals surface area contributed by atoms with E-state index in [0.29, 0.717) is 22.4 Å². The minimum absolute atomic E-state index is 0.0608. The summed E-state index contributed by atoms with van der Waals surface area (Å²) in [5.74, 6) is -1.98. The van der Waals surface area contributed by atoms with Crippen LogP contribution < -0.4 is 5.32 Å². The lowest BCUT2D eigenvalue weighted by Gasteiger charge is -2.16. The number of nitrogens with one attached hydrogen (secondary N) is 1. The second-order valence-electron chi connectivity index (χ2n) is 8.02. The van der Waals surface area contributed by atoms with Gasteiger partial charge in [-0.1, -0.05) is 91.0 Å². The third-order valence-electron chi connectivity index (χ3n) is 5.55. The van der Waals surface area contributed by atoms with Crippen molar-refractivity contribution in [1.29, 1.82) is 0 Å². The van der Waals surface area contributed by atoms with Crippen LogP contribution in [0, 0.1) is 0 Å². The number of ketones is 2. The van der Waals surface area contributed by atoms with Gasteiger partial charge in [-0.05, 0) is 25.1 Å². The number of hydrogen-bond donors (Lipinski definition) is 1. The zero-order valence-electron chi connectivity index (χ0n) is 19.5. The van der Waals surface area contributed by atoms with Gasteiger partial charge in [-0.2, -0.15) is 0 Å². The Morgan fingerprint density at radius 3 is 1.61 bits per heavy atom. The molecule has 4 aromatic rings. The van der Waals surface area contributed by atoms with Gasteiger partial charge in [0.05, 0.1) is 11.3 Å². The van der Waals surface area contributed by atoms with Crippen LogP contribution in [0.25, 0.3) is 0 Å². The first-order valence-corrected chi connectivity index (χ1v) is 11.3. The highest BCUT2D eigenvalue weighted by Gasteiger charge is 2.24. The normalized spacial score (nSPS) is 11.2. The first kappa shape index (κ1) is 24.3. The Labute approximate surface area is 208 Å². The van der Waals surface area contributed by atoms with Crippen molar-refractivity contribution < 1.29 is 23.9 Å².